The van der Waals surface area contributed by atoms with Crippen LogP contribution in [0.5, 0.6) is 0 Å². The highest BCUT2D eigenvalue weighted by Gasteiger charge is 2.50. The quantitative estimate of drug-likeness (QED) is 0.734. The Balaban J connectivity index is 1.77. The summed E-state index contributed by atoms with van der Waals surface area (Å²) in [4.78, 5) is 13.3. The summed E-state index contributed by atoms with van der Waals surface area (Å²) in [6.07, 6.45) is 4.42. The molecule has 2 amide bonds. The van der Waals surface area contributed by atoms with Gasteiger partial charge in [0.05, 0.1) is 37.4 Å². The fourth-order valence-corrected chi connectivity index (χ4v) is 4.48. The molecule has 0 radical (unpaired) electrons. The zero-order chi connectivity index (χ0) is 17.3. The van der Waals surface area contributed by atoms with E-state index in [1.165, 1.54) is 0 Å². The average molecular weight is 340 g/mol. The molecule has 0 saturated carbocycles. The molecule has 0 aromatic carbocycles. The molecule has 0 aromatic heterocycles. The Morgan fingerprint density at radius 2 is 1.29 bits per heavy atom. The lowest BCUT2D eigenvalue weighted by Gasteiger charge is -2.36. The number of ether oxygens (including phenoxy) is 2. The van der Waals surface area contributed by atoms with E-state index in [0.29, 0.717) is 25.3 Å². The minimum absolute atomic E-state index is 0.112. The molecule has 0 unspecified atom stereocenters. The first-order valence-corrected chi connectivity index (χ1v) is 9.23. The smallest absolute Gasteiger partial charge is 0.349 e. The van der Waals surface area contributed by atoms with E-state index in [9.17, 15) is 4.79 Å². The lowest BCUT2D eigenvalue weighted by molar-refractivity contribution is -0.0422. The van der Waals surface area contributed by atoms with Crippen LogP contribution >= 0.6 is 0 Å². The second-order valence-corrected chi connectivity index (χ2v) is 7.28. The Morgan fingerprint density at radius 1 is 0.875 bits per heavy atom. The summed E-state index contributed by atoms with van der Waals surface area (Å²) in [7, 11) is 3.47. The molecule has 0 bridgehead atoms. The summed E-state index contributed by atoms with van der Waals surface area (Å²) in [6, 6.07) is 1.06. The number of carbonyl (C=O) groups is 1. The van der Waals surface area contributed by atoms with Crippen molar-refractivity contribution in [1.29, 1.82) is 0 Å². The van der Waals surface area contributed by atoms with Crippen LogP contribution in [0, 0.1) is 0 Å². The zero-order valence-electron chi connectivity index (χ0n) is 15.5. The van der Waals surface area contributed by atoms with Crippen LogP contribution in [0.15, 0.2) is 0 Å². The second-order valence-electron chi connectivity index (χ2n) is 7.28. The molecule has 0 aliphatic carbocycles. The van der Waals surface area contributed by atoms with Gasteiger partial charge in [0.15, 0.2) is 0 Å². The van der Waals surface area contributed by atoms with Gasteiger partial charge in [-0.15, -0.1) is 0 Å². The van der Waals surface area contributed by atoms with E-state index in [0.717, 1.165) is 38.8 Å². The molecule has 0 N–H and O–H groups in total. The van der Waals surface area contributed by atoms with Crippen LogP contribution in [0.1, 0.15) is 39.5 Å². The second kappa shape index (κ2) is 7.56. The molecule has 3 rings (SSSR count). The summed E-state index contributed by atoms with van der Waals surface area (Å²) in [6.45, 7) is 7.55. The van der Waals surface area contributed by atoms with Gasteiger partial charge in [-0.2, -0.15) is 0 Å². The summed E-state index contributed by atoms with van der Waals surface area (Å²) in [5, 5.41) is 8.47. The van der Waals surface area contributed by atoms with Crippen LogP contribution in [-0.2, 0) is 9.47 Å². The van der Waals surface area contributed by atoms with Crippen molar-refractivity contribution >= 4 is 6.03 Å². The van der Waals surface area contributed by atoms with Crippen molar-refractivity contribution in [2.45, 2.75) is 63.7 Å². The standard InChI is InChI=1S/C17H32N4O3/c1-13-14(2)21(19-10-6-8-16(19)12-24-4)17(22)20(13)18-9-5-7-15(18)11-23-3/h13-16H,5-12H2,1-4H3/t13-,14-,15+,16+/m1/s1. The number of rotatable bonds is 6. The normalized spacial score (nSPS) is 35.6. The van der Waals surface area contributed by atoms with E-state index in [1.807, 2.05) is 10.0 Å². The van der Waals surface area contributed by atoms with E-state index in [4.69, 9.17) is 9.47 Å². The number of nitrogens with zero attached hydrogens (tertiary/aromatic N) is 4. The van der Waals surface area contributed by atoms with E-state index in [2.05, 4.69) is 23.9 Å². The largest absolute Gasteiger partial charge is 0.383 e. The molecule has 24 heavy (non-hydrogen) atoms. The Bertz CT molecular complexity index is 412. The van der Waals surface area contributed by atoms with Gasteiger partial charge in [0.1, 0.15) is 0 Å². The third kappa shape index (κ3) is 3.03. The van der Waals surface area contributed by atoms with Gasteiger partial charge in [0.25, 0.3) is 0 Å². The molecule has 7 nitrogen and oxygen atoms in total. The van der Waals surface area contributed by atoms with Gasteiger partial charge in [-0.05, 0) is 39.5 Å². The summed E-state index contributed by atoms with van der Waals surface area (Å²) in [5.41, 5.74) is 0. The molecule has 3 aliphatic heterocycles. The first kappa shape index (κ1) is 17.9. The fourth-order valence-electron chi connectivity index (χ4n) is 4.48. The first-order valence-electron chi connectivity index (χ1n) is 9.23. The van der Waals surface area contributed by atoms with Crippen molar-refractivity contribution < 1.29 is 14.3 Å². The number of amides is 2. The molecule has 3 aliphatic rings. The number of methoxy groups -OCH3 is 2. The molecule has 3 heterocycles. The van der Waals surface area contributed by atoms with Crippen LogP contribution in [0.2, 0.25) is 0 Å². The molecule has 3 fully saturated rings. The summed E-state index contributed by atoms with van der Waals surface area (Å²) in [5.74, 6) is 0. The van der Waals surface area contributed by atoms with Gasteiger partial charge in [0, 0.05) is 27.3 Å². The van der Waals surface area contributed by atoms with Gasteiger partial charge in [-0.3, -0.25) is 10.0 Å². The number of hydrazine groups is 2. The van der Waals surface area contributed by atoms with E-state index in [1.54, 1.807) is 14.2 Å². The number of urea groups is 1. The molecular formula is C17H32N4O3. The van der Waals surface area contributed by atoms with Gasteiger partial charge < -0.3 is 9.47 Å². The highest BCUT2D eigenvalue weighted by Crippen LogP contribution is 2.33. The highest BCUT2D eigenvalue weighted by atomic mass is 16.5. The Labute approximate surface area is 145 Å². The maximum atomic E-state index is 13.3. The minimum atomic E-state index is 0.112. The molecule has 3 saturated heterocycles. The molecular weight excluding hydrogens is 308 g/mol. The third-order valence-electron chi connectivity index (χ3n) is 5.83. The van der Waals surface area contributed by atoms with Crippen molar-refractivity contribution in [3.63, 3.8) is 0 Å². The van der Waals surface area contributed by atoms with Crippen LogP contribution in [-0.4, -0.2) is 90.8 Å². The minimum Gasteiger partial charge on any atom is -0.383 e. The lowest BCUT2D eigenvalue weighted by atomic mass is 10.2. The van der Waals surface area contributed by atoms with Crippen molar-refractivity contribution in [1.82, 2.24) is 20.0 Å². The Kier molecular flexibility index (Phi) is 5.64. The van der Waals surface area contributed by atoms with Gasteiger partial charge >= 0.3 is 6.03 Å². The van der Waals surface area contributed by atoms with Crippen molar-refractivity contribution in [2.24, 2.45) is 0 Å². The zero-order valence-corrected chi connectivity index (χ0v) is 15.5. The average Bonchev–Trinajstić information content (AvgIpc) is 3.23. The van der Waals surface area contributed by atoms with Gasteiger partial charge in [-0.25, -0.2) is 14.8 Å². The van der Waals surface area contributed by atoms with Crippen molar-refractivity contribution in [2.75, 3.05) is 40.5 Å². The Hall–Kier alpha value is -0.890. The molecule has 4 atom stereocenters. The lowest BCUT2D eigenvalue weighted by Crippen LogP contribution is -2.54. The van der Waals surface area contributed by atoms with Crippen molar-refractivity contribution in [3.05, 3.63) is 0 Å². The topological polar surface area (TPSA) is 48.5 Å². The molecule has 0 aromatic rings. The van der Waals surface area contributed by atoms with E-state index < -0.39 is 0 Å². The maximum absolute atomic E-state index is 13.3. The van der Waals surface area contributed by atoms with E-state index >= 15 is 0 Å². The van der Waals surface area contributed by atoms with Crippen molar-refractivity contribution in [3.8, 4) is 0 Å². The number of hydrogen-bond donors (Lipinski definition) is 0. The number of hydrogen-bond acceptors (Lipinski definition) is 5. The third-order valence-corrected chi connectivity index (χ3v) is 5.83. The molecule has 0 spiro atoms. The summed E-state index contributed by atoms with van der Waals surface area (Å²) < 4.78 is 10.7. The fraction of sp³-hybridized carbons (Fsp3) is 0.941. The monoisotopic (exact) mass is 340 g/mol. The first-order chi connectivity index (χ1) is 11.6. The highest BCUT2D eigenvalue weighted by molar-refractivity contribution is 5.77. The molecule has 7 heteroatoms. The van der Waals surface area contributed by atoms with E-state index in [-0.39, 0.29) is 18.1 Å². The van der Waals surface area contributed by atoms with Crippen LogP contribution in [0.3, 0.4) is 0 Å². The SMILES string of the molecule is COC[C@@H]1CCCN1N1C(=O)N(N2CCC[C@H]2COC)[C@H](C)[C@H]1C. The van der Waals surface area contributed by atoms with Crippen LogP contribution < -0.4 is 0 Å². The van der Waals surface area contributed by atoms with Gasteiger partial charge in [0.2, 0.25) is 0 Å². The molecule has 138 valence electrons. The summed E-state index contributed by atoms with van der Waals surface area (Å²) >= 11 is 0. The van der Waals surface area contributed by atoms with Crippen LogP contribution in [0.25, 0.3) is 0 Å². The predicted octanol–water partition coefficient (Wildman–Crippen LogP) is 1.55. The Morgan fingerprint density at radius 3 is 1.67 bits per heavy atom. The number of carbonyl (C=O) groups excluding carboxylic acids is 1. The predicted molar refractivity (Wildman–Crippen MR) is 91.2 cm³/mol. The van der Waals surface area contributed by atoms with Crippen LogP contribution in [0.4, 0.5) is 4.79 Å². The maximum Gasteiger partial charge on any atom is 0.349 e. The van der Waals surface area contributed by atoms with Gasteiger partial charge in [-0.1, -0.05) is 0 Å².